The molecule has 0 aromatic heterocycles. The minimum atomic E-state index is -0.571. The zero-order chi connectivity index (χ0) is 16.7. The molecule has 0 radical (unpaired) electrons. The normalized spacial score (nSPS) is 25.5. The summed E-state index contributed by atoms with van der Waals surface area (Å²) >= 11 is 0. The van der Waals surface area contributed by atoms with Crippen LogP contribution in [0, 0.1) is 5.41 Å². The first-order valence-electron chi connectivity index (χ1n) is 8.80. The number of nitrogens with zero attached hydrogens (tertiary/aromatic N) is 1. The number of hydrogen-bond donors (Lipinski definition) is 1. The topological polar surface area (TPSA) is 66.5 Å². The minimum Gasteiger partial charge on any atom is -0.342 e. The fourth-order valence-corrected chi connectivity index (χ4v) is 4.48. The van der Waals surface area contributed by atoms with E-state index in [-0.39, 0.29) is 30.1 Å². The molecule has 2 heterocycles. The van der Waals surface area contributed by atoms with Crippen LogP contribution in [0.3, 0.4) is 0 Å². The van der Waals surface area contributed by atoms with Crippen molar-refractivity contribution >= 4 is 17.7 Å². The summed E-state index contributed by atoms with van der Waals surface area (Å²) in [5, 5.41) is 2.42. The van der Waals surface area contributed by atoms with Crippen molar-refractivity contribution in [2.75, 3.05) is 13.1 Å². The lowest BCUT2D eigenvalue weighted by atomic mass is 9.76. The van der Waals surface area contributed by atoms with Gasteiger partial charge in [0, 0.05) is 19.5 Å². The Morgan fingerprint density at radius 3 is 2.62 bits per heavy atom. The zero-order valence-corrected chi connectivity index (χ0v) is 13.7. The van der Waals surface area contributed by atoms with Gasteiger partial charge in [-0.05, 0) is 43.2 Å². The Balaban J connectivity index is 1.48. The van der Waals surface area contributed by atoms with Crippen LogP contribution in [0.25, 0.3) is 0 Å². The van der Waals surface area contributed by atoms with Gasteiger partial charge in [-0.15, -0.1) is 0 Å². The molecule has 1 spiro atoms. The molecule has 126 valence electrons. The van der Waals surface area contributed by atoms with Gasteiger partial charge in [0.25, 0.3) is 0 Å². The molecule has 3 amide bonds. The van der Waals surface area contributed by atoms with Gasteiger partial charge in [0.1, 0.15) is 0 Å². The molecule has 1 aromatic carbocycles. The second-order valence-electron chi connectivity index (χ2n) is 7.30. The molecule has 0 bridgehead atoms. The van der Waals surface area contributed by atoms with Crippen molar-refractivity contribution in [3.05, 3.63) is 35.4 Å². The highest BCUT2D eigenvalue weighted by molar-refractivity contribution is 6.06. The molecule has 0 saturated carbocycles. The van der Waals surface area contributed by atoms with E-state index in [0.29, 0.717) is 25.9 Å². The zero-order valence-electron chi connectivity index (χ0n) is 13.7. The van der Waals surface area contributed by atoms with Crippen molar-refractivity contribution in [1.29, 1.82) is 0 Å². The van der Waals surface area contributed by atoms with Crippen molar-refractivity contribution in [2.24, 2.45) is 5.41 Å². The van der Waals surface area contributed by atoms with E-state index in [4.69, 9.17) is 0 Å². The summed E-state index contributed by atoms with van der Waals surface area (Å²) in [6.45, 7) is 1.14. The first-order valence-corrected chi connectivity index (χ1v) is 8.80. The third-order valence-electron chi connectivity index (χ3n) is 5.93. The Hall–Kier alpha value is -2.17. The Labute approximate surface area is 141 Å². The second kappa shape index (κ2) is 5.72. The average molecular weight is 326 g/mol. The predicted octanol–water partition coefficient (Wildman–Crippen LogP) is 1.76. The molecule has 1 unspecified atom stereocenters. The van der Waals surface area contributed by atoms with E-state index in [0.717, 1.165) is 19.3 Å². The van der Waals surface area contributed by atoms with Crippen molar-refractivity contribution < 1.29 is 14.4 Å². The molecule has 3 aliphatic rings. The molecular weight excluding hydrogens is 304 g/mol. The van der Waals surface area contributed by atoms with E-state index in [9.17, 15) is 14.4 Å². The van der Waals surface area contributed by atoms with E-state index in [1.54, 1.807) is 0 Å². The quantitative estimate of drug-likeness (QED) is 0.800. The Kier molecular flexibility index (Phi) is 3.66. The van der Waals surface area contributed by atoms with E-state index in [1.807, 2.05) is 17.0 Å². The largest absolute Gasteiger partial charge is 0.342 e. The number of fused-ring (bicyclic) bond motifs is 1. The summed E-state index contributed by atoms with van der Waals surface area (Å²) in [5.74, 6) is -0.201. The molecule has 2 saturated heterocycles. The van der Waals surface area contributed by atoms with Crippen molar-refractivity contribution in [3.63, 3.8) is 0 Å². The maximum Gasteiger partial charge on any atom is 0.233 e. The first-order chi connectivity index (χ1) is 11.6. The lowest BCUT2D eigenvalue weighted by Gasteiger charge is -2.39. The number of likely N-dealkylation sites (tertiary alicyclic amines) is 1. The van der Waals surface area contributed by atoms with Crippen LogP contribution in [0.5, 0.6) is 0 Å². The summed E-state index contributed by atoms with van der Waals surface area (Å²) in [7, 11) is 0. The minimum absolute atomic E-state index is 0.0527. The van der Waals surface area contributed by atoms with Crippen molar-refractivity contribution in [1.82, 2.24) is 10.2 Å². The number of carbonyl (C=O) groups excluding carboxylic acids is 3. The highest BCUT2D eigenvalue weighted by Crippen LogP contribution is 2.40. The lowest BCUT2D eigenvalue weighted by Crippen LogP contribution is -2.47. The third kappa shape index (κ3) is 2.43. The van der Waals surface area contributed by atoms with Gasteiger partial charge in [0.2, 0.25) is 17.7 Å². The highest BCUT2D eigenvalue weighted by atomic mass is 16.2. The summed E-state index contributed by atoms with van der Waals surface area (Å²) < 4.78 is 0. The van der Waals surface area contributed by atoms with Crippen LogP contribution in [-0.4, -0.2) is 35.7 Å². The molecule has 1 aromatic rings. The molecule has 4 rings (SSSR count). The van der Waals surface area contributed by atoms with E-state index >= 15 is 0 Å². The maximum atomic E-state index is 13.0. The number of aryl methyl sites for hydroxylation is 1. The van der Waals surface area contributed by atoms with Gasteiger partial charge in [-0.25, -0.2) is 0 Å². The molecule has 24 heavy (non-hydrogen) atoms. The van der Waals surface area contributed by atoms with E-state index < -0.39 is 5.41 Å². The lowest BCUT2D eigenvalue weighted by molar-refractivity contribution is -0.139. The number of rotatable bonds is 1. The van der Waals surface area contributed by atoms with Gasteiger partial charge >= 0.3 is 0 Å². The van der Waals surface area contributed by atoms with Gasteiger partial charge < -0.3 is 4.90 Å². The number of nitrogens with one attached hydrogen (secondary N) is 1. The highest BCUT2D eigenvalue weighted by Gasteiger charge is 2.49. The van der Waals surface area contributed by atoms with Crippen LogP contribution in [0.15, 0.2) is 24.3 Å². The average Bonchev–Trinajstić information content (AvgIpc) is 2.87. The van der Waals surface area contributed by atoms with Crippen LogP contribution >= 0.6 is 0 Å². The number of hydrogen-bond acceptors (Lipinski definition) is 3. The molecule has 1 aliphatic carbocycles. The monoisotopic (exact) mass is 326 g/mol. The summed E-state index contributed by atoms with van der Waals surface area (Å²) in [6, 6.07) is 8.23. The molecule has 2 fully saturated rings. The van der Waals surface area contributed by atoms with Crippen molar-refractivity contribution in [2.45, 2.75) is 44.4 Å². The standard InChI is InChI=1S/C19H22N2O3/c22-16-12-19(18(24)20-16)8-10-21(11-9-19)17(23)15-7-3-5-13-4-1-2-6-14(13)15/h1-2,4,6,15H,3,5,7-12H2,(H,20,22,24). The maximum absolute atomic E-state index is 13.0. The molecule has 5 nitrogen and oxygen atoms in total. The molecule has 2 aliphatic heterocycles. The van der Waals surface area contributed by atoms with Crippen LogP contribution in [0.1, 0.15) is 49.1 Å². The van der Waals surface area contributed by atoms with Crippen LogP contribution in [0.4, 0.5) is 0 Å². The third-order valence-corrected chi connectivity index (χ3v) is 5.93. The number of imide groups is 1. The number of piperidine rings is 1. The van der Waals surface area contributed by atoms with Gasteiger partial charge in [-0.2, -0.15) is 0 Å². The molecule has 5 heteroatoms. The summed E-state index contributed by atoms with van der Waals surface area (Å²) in [5.41, 5.74) is 1.89. The van der Waals surface area contributed by atoms with Gasteiger partial charge in [-0.1, -0.05) is 24.3 Å². The smallest absolute Gasteiger partial charge is 0.233 e. The number of carbonyl (C=O) groups is 3. The van der Waals surface area contributed by atoms with Gasteiger partial charge in [-0.3, -0.25) is 19.7 Å². The molecular formula is C19H22N2O3. The summed E-state index contributed by atoms with van der Waals surface area (Å²) in [4.78, 5) is 38.5. The van der Waals surface area contributed by atoms with Crippen LogP contribution in [0.2, 0.25) is 0 Å². The van der Waals surface area contributed by atoms with E-state index in [1.165, 1.54) is 11.1 Å². The van der Waals surface area contributed by atoms with E-state index in [2.05, 4.69) is 17.4 Å². The van der Waals surface area contributed by atoms with Gasteiger partial charge in [0.15, 0.2) is 0 Å². The number of benzene rings is 1. The number of amides is 3. The van der Waals surface area contributed by atoms with Crippen molar-refractivity contribution in [3.8, 4) is 0 Å². The van der Waals surface area contributed by atoms with Gasteiger partial charge in [0.05, 0.1) is 11.3 Å². The second-order valence-corrected chi connectivity index (χ2v) is 7.30. The predicted molar refractivity (Wildman–Crippen MR) is 88.1 cm³/mol. The Bertz CT molecular complexity index is 704. The molecule has 1 N–H and O–H groups in total. The Morgan fingerprint density at radius 1 is 1.17 bits per heavy atom. The fraction of sp³-hybridized carbons (Fsp3) is 0.526. The van der Waals surface area contributed by atoms with Crippen LogP contribution < -0.4 is 5.32 Å². The fourth-order valence-electron chi connectivity index (χ4n) is 4.48. The molecule has 1 atom stereocenters. The Morgan fingerprint density at radius 2 is 1.92 bits per heavy atom. The van der Waals surface area contributed by atoms with Crippen LogP contribution in [-0.2, 0) is 20.8 Å². The first kappa shape index (κ1) is 15.4. The SMILES string of the molecule is O=C1CC2(CCN(C(=O)C3CCCc4ccccc43)CC2)C(=O)N1. The summed E-state index contributed by atoms with van der Waals surface area (Å²) in [6.07, 6.45) is 4.44.